The predicted octanol–water partition coefficient (Wildman–Crippen LogP) is 3.72. The highest BCUT2D eigenvalue weighted by molar-refractivity contribution is 5.54. The summed E-state index contributed by atoms with van der Waals surface area (Å²) >= 11 is 0. The lowest BCUT2D eigenvalue weighted by Gasteiger charge is -2.10. The molecule has 0 radical (unpaired) electrons. The average Bonchev–Trinajstić information content (AvgIpc) is 2.55. The molecule has 0 aliphatic heterocycles. The monoisotopic (exact) mass is 300 g/mol. The van der Waals surface area contributed by atoms with Crippen molar-refractivity contribution in [3.63, 3.8) is 0 Å². The van der Waals surface area contributed by atoms with Crippen LogP contribution >= 0.6 is 0 Å². The molecule has 0 heterocycles. The lowest BCUT2D eigenvalue weighted by atomic mass is 10.1. The second-order valence-electron chi connectivity index (χ2n) is 5.06. The van der Waals surface area contributed by atoms with Gasteiger partial charge in [-0.15, -0.1) is 0 Å². The molecule has 3 N–H and O–H groups in total. The van der Waals surface area contributed by atoms with Crippen molar-refractivity contribution in [1.82, 2.24) is 0 Å². The number of nitrogens with one attached hydrogen (secondary N) is 1. The molecule has 2 aromatic rings. The number of nitrogens with two attached hydrogens (primary N) is 1. The van der Waals surface area contributed by atoms with Crippen LogP contribution in [-0.2, 0) is 6.42 Å². The number of anilines is 2. The Labute approximate surface area is 132 Å². The molecule has 0 bridgehead atoms. The fraction of sp³-hybridized carbons (Fsp3) is 0.333. The molecule has 0 aliphatic carbocycles. The van der Waals surface area contributed by atoms with Gasteiger partial charge in [-0.1, -0.05) is 6.07 Å². The Morgan fingerprint density at radius 3 is 2.50 bits per heavy atom. The summed E-state index contributed by atoms with van der Waals surface area (Å²) in [5, 5.41) is 3.40. The third-order valence-electron chi connectivity index (χ3n) is 3.44. The highest BCUT2D eigenvalue weighted by Crippen LogP contribution is 2.23. The molecule has 0 unspecified atom stereocenters. The van der Waals surface area contributed by atoms with Gasteiger partial charge in [-0.25, -0.2) is 0 Å². The van der Waals surface area contributed by atoms with Crippen molar-refractivity contribution in [2.45, 2.75) is 19.8 Å². The molecular formula is C18H24N2O2. The van der Waals surface area contributed by atoms with Crippen LogP contribution in [0.1, 0.15) is 18.9 Å². The Bertz CT molecular complexity index is 582. The molecule has 0 atom stereocenters. The van der Waals surface area contributed by atoms with Crippen LogP contribution < -0.4 is 20.5 Å². The van der Waals surface area contributed by atoms with E-state index in [4.69, 9.17) is 15.2 Å². The molecule has 22 heavy (non-hydrogen) atoms. The van der Waals surface area contributed by atoms with Crippen molar-refractivity contribution in [1.29, 1.82) is 0 Å². The summed E-state index contributed by atoms with van der Waals surface area (Å²) in [5.74, 6) is 1.64. The van der Waals surface area contributed by atoms with Crippen molar-refractivity contribution in [2.75, 3.05) is 31.3 Å². The van der Waals surface area contributed by atoms with Crippen LogP contribution in [-0.4, -0.2) is 20.3 Å². The van der Waals surface area contributed by atoms with E-state index in [1.54, 1.807) is 7.11 Å². The van der Waals surface area contributed by atoms with Crippen LogP contribution in [0.15, 0.2) is 42.5 Å². The molecule has 0 spiro atoms. The number of benzene rings is 2. The summed E-state index contributed by atoms with van der Waals surface area (Å²) in [5.41, 5.74) is 9.03. The molecule has 0 amide bonds. The summed E-state index contributed by atoms with van der Waals surface area (Å²) in [6.45, 7) is 3.51. The Morgan fingerprint density at radius 2 is 1.86 bits per heavy atom. The first-order chi connectivity index (χ1) is 10.7. The summed E-state index contributed by atoms with van der Waals surface area (Å²) in [6, 6.07) is 14.0. The molecule has 2 rings (SSSR count). The number of rotatable bonds is 8. The van der Waals surface area contributed by atoms with Gasteiger partial charge >= 0.3 is 0 Å². The largest absolute Gasteiger partial charge is 0.497 e. The third kappa shape index (κ3) is 4.58. The number of aryl methyl sites for hydroxylation is 1. The lowest BCUT2D eigenvalue weighted by Crippen LogP contribution is -2.03. The van der Waals surface area contributed by atoms with Crippen LogP contribution in [0, 0.1) is 0 Å². The maximum atomic E-state index is 5.98. The van der Waals surface area contributed by atoms with Gasteiger partial charge in [0.15, 0.2) is 0 Å². The summed E-state index contributed by atoms with van der Waals surface area (Å²) in [4.78, 5) is 0. The van der Waals surface area contributed by atoms with E-state index in [1.165, 1.54) is 5.56 Å². The highest BCUT2D eigenvalue weighted by atomic mass is 16.5. The van der Waals surface area contributed by atoms with Gasteiger partial charge in [0.2, 0.25) is 0 Å². The van der Waals surface area contributed by atoms with E-state index in [1.807, 2.05) is 43.3 Å². The van der Waals surface area contributed by atoms with Crippen LogP contribution in [0.2, 0.25) is 0 Å². The maximum Gasteiger partial charge on any atom is 0.142 e. The number of nitrogen functional groups attached to an aromatic ring is 1. The first-order valence-corrected chi connectivity index (χ1v) is 7.62. The van der Waals surface area contributed by atoms with Crippen molar-refractivity contribution < 1.29 is 9.47 Å². The van der Waals surface area contributed by atoms with E-state index in [0.29, 0.717) is 12.3 Å². The first-order valence-electron chi connectivity index (χ1n) is 7.62. The molecular weight excluding hydrogens is 276 g/mol. The maximum absolute atomic E-state index is 5.98. The zero-order valence-electron chi connectivity index (χ0n) is 13.3. The second kappa shape index (κ2) is 8.17. The van der Waals surface area contributed by atoms with Crippen molar-refractivity contribution in [3.05, 3.63) is 48.0 Å². The summed E-state index contributed by atoms with van der Waals surface area (Å²) < 4.78 is 10.6. The van der Waals surface area contributed by atoms with E-state index >= 15 is 0 Å². The Hall–Kier alpha value is -2.36. The zero-order valence-corrected chi connectivity index (χ0v) is 13.3. The molecule has 118 valence electrons. The summed E-state index contributed by atoms with van der Waals surface area (Å²) in [7, 11) is 1.67. The van der Waals surface area contributed by atoms with Crippen LogP contribution in [0.4, 0.5) is 11.4 Å². The van der Waals surface area contributed by atoms with E-state index in [2.05, 4.69) is 11.4 Å². The molecule has 4 nitrogen and oxygen atoms in total. The second-order valence-corrected chi connectivity index (χ2v) is 5.06. The molecule has 0 aliphatic rings. The lowest BCUT2D eigenvalue weighted by molar-refractivity contribution is 0.342. The van der Waals surface area contributed by atoms with Crippen LogP contribution in [0.3, 0.4) is 0 Å². The van der Waals surface area contributed by atoms with E-state index in [-0.39, 0.29) is 0 Å². The number of methoxy groups -OCH3 is 1. The minimum atomic E-state index is 0.634. The van der Waals surface area contributed by atoms with E-state index in [0.717, 1.165) is 36.6 Å². The normalized spacial score (nSPS) is 10.3. The van der Waals surface area contributed by atoms with Crippen molar-refractivity contribution in [2.24, 2.45) is 0 Å². The highest BCUT2D eigenvalue weighted by Gasteiger charge is 2.01. The van der Waals surface area contributed by atoms with Gasteiger partial charge in [0.05, 0.1) is 19.4 Å². The quantitative estimate of drug-likeness (QED) is 0.576. The van der Waals surface area contributed by atoms with Gasteiger partial charge in [-0.2, -0.15) is 0 Å². The summed E-state index contributed by atoms with van der Waals surface area (Å²) in [6.07, 6.45) is 2.03. The Balaban J connectivity index is 1.77. The number of hydrogen-bond acceptors (Lipinski definition) is 4. The van der Waals surface area contributed by atoms with E-state index < -0.39 is 0 Å². The van der Waals surface area contributed by atoms with Gasteiger partial charge in [0.1, 0.15) is 11.5 Å². The number of ether oxygens (including phenoxy) is 2. The number of hydrogen-bond donors (Lipinski definition) is 2. The zero-order chi connectivity index (χ0) is 15.8. The smallest absolute Gasteiger partial charge is 0.142 e. The molecule has 0 fully saturated rings. The first kappa shape index (κ1) is 16.0. The average molecular weight is 300 g/mol. The Morgan fingerprint density at radius 1 is 1.09 bits per heavy atom. The molecule has 0 aromatic heterocycles. The fourth-order valence-electron chi connectivity index (χ4n) is 2.27. The fourth-order valence-corrected chi connectivity index (χ4v) is 2.27. The van der Waals surface area contributed by atoms with Crippen LogP contribution in [0.25, 0.3) is 0 Å². The minimum absolute atomic E-state index is 0.634. The molecule has 2 aromatic carbocycles. The van der Waals surface area contributed by atoms with Crippen molar-refractivity contribution >= 4 is 11.4 Å². The SMILES string of the molecule is CCOc1ccc(CCCNc2ccc(OC)cc2)cc1N. The van der Waals surface area contributed by atoms with E-state index in [9.17, 15) is 0 Å². The minimum Gasteiger partial charge on any atom is -0.497 e. The molecule has 4 heteroatoms. The molecule has 0 saturated carbocycles. The van der Waals surface area contributed by atoms with Crippen LogP contribution in [0.5, 0.6) is 11.5 Å². The van der Waals surface area contributed by atoms with Gasteiger partial charge in [-0.3, -0.25) is 0 Å². The predicted molar refractivity (Wildman–Crippen MR) is 91.8 cm³/mol. The van der Waals surface area contributed by atoms with Gasteiger partial charge in [-0.05, 0) is 61.7 Å². The molecule has 0 saturated heterocycles. The third-order valence-corrected chi connectivity index (χ3v) is 3.44. The standard InChI is InChI=1S/C18H24N2O2/c1-3-22-18-11-6-14(13-17(18)19)5-4-12-20-15-7-9-16(21-2)10-8-15/h6-11,13,20H,3-5,12,19H2,1-2H3. The van der Waals surface area contributed by atoms with Gasteiger partial charge in [0, 0.05) is 12.2 Å². The van der Waals surface area contributed by atoms with Gasteiger partial charge in [0.25, 0.3) is 0 Å². The van der Waals surface area contributed by atoms with Gasteiger partial charge < -0.3 is 20.5 Å². The topological polar surface area (TPSA) is 56.5 Å². The van der Waals surface area contributed by atoms with Crippen molar-refractivity contribution in [3.8, 4) is 11.5 Å². The Kier molecular flexibility index (Phi) is 5.95.